The van der Waals surface area contributed by atoms with Crippen LogP contribution in [0.25, 0.3) is 0 Å². The number of nitrogens with zero attached hydrogens (tertiary/aromatic N) is 2. The highest BCUT2D eigenvalue weighted by Gasteiger charge is 2.14. The average molecular weight is 269 g/mol. The van der Waals surface area contributed by atoms with Crippen molar-refractivity contribution in [3.8, 4) is 0 Å². The largest absolute Gasteiger partial charge is 0.480 e. The van der Waals surface area contributed by atoms with Crippen LogP contribution < -0.4 is 5.32 Å². The fourth-order valence-electron chi connectivity index (χ4n) is 1.23. The third kappa shape index (κ3) is 4.70. The Kier molecular flexibility index (Phi) is 5.08. The zero-order valence-corrected chi connectivity index (χ0v) is 11.2. The van der Waals surface area contributed by atoms with Crippen molar-refractivity contribution in [2.24, 2.45) is 0 Å². The minimum atomic E-state index is -1.06. The first kappa shape index (κ1) is 14.4. The van der Waals surface area contributed by atoms with Crippen molar-refractivity contribution >= 4 is 23.6 Å². The standard InChI is InChI=1S/C11H15N3O3S/c1-6-4-7(2)13-11(12-6)18-5-9(15)14-8(3)10(16)17/h4,8H,5H2,1-3H3,(H,14,15)(H,16,17). The van der Waals surface area contributed by atoms with Gasteiger partial charge in [-0.05, 0) is 26.8 Å². The second-order valence-corrected chi connectivity index (χ2v) is 4.79. The zero-order chi connectivity index (χ0) is 13.7. The molecule has 0 aromatic carbocycles. The summed E-state index contributed by atoms with van der Waals surface area (Å²) < 4.78 is 0. The predicted molar refractivity (Wildman–Crippen MR) is 67.5 cm³/mol. The zero-order valence-electron chi connectivity index (χ0n) is 10.4. The van der Waals surface area contributed by atoms with E-state index in [4.69, 9.17) is 5.11 Å². The van der Waals surface area contributed by atoms with Gasteiger partial charge in [0.2, 0.25) is 5.91 Å². The van der Waals surface area contributed by atoms with Gasteiger partial charge in [0.25, 0.3) is 0 Å². The minimum Gasteiger partial charge on any atom is -0.480 e. The van der Waals surface area contributed by atoms with E-state index in [1.54, 1.807) is 0 Å². The molecule has 0 spiro atoms. The van der Waals surface area contributed by atoms with Crippen molar-refractivity contribution in [1.29, 1.82) is 0 Å². The first-order valence-corrected chi connectivity index (χ1v) is 6.34. The van der Waals surface area contributed by atoms with Crippen LogP contribution in [0.3, 0.4) is 0 Å². The highest BCUT2D eigenvalue weighted by molar-refractivity contribution is 7.99. The van der Waals surface area contributed by atoms with Crippen molar-refractivity contribution in [3.05, 3.63) is 17.5 Å². The van der Waals surface area contributed by atoms with E-state index >= 15 is 0 Å². The van der Waals surface area contributed by atoms with Gasteiger partial charge in [0.05, 0.1) is 5.75 Å². The average Bonchev–Trinajstić information content (AvgIpc) is 2.25. The molecule has 0 saturated carbocycles. The summed E-state index contributed by atoms with van der Waals surface area (Å²) in [6, 6.07) is 0.953. The Hall–Kier alpha value is -1.63. The summed E-state index contributed by atoms with van der Waals surface area (Å²) in [7, 11) is 0. The van der Waals surface area contributed by atoms with Gasteiger partial charge in [-0.25, -0.2) is 9.97 Å². The second-order valence-electron chi connectivity index (χ2n) is 3.85. The molecule has 0 fully saturated rings. The van der Waals surface area contributed by atoms with E-state index in [0.29, 0.717) is 5.16 Å². The third-order valence-corrected chi connectivity index (χ3v) is 2.89. The molecule has 1 heterocycles. The van der Waals surface area contributed by atoms with Crippen molar-refractivity contribution in [2.75, 3.05) is 5.75 Å². The molecule has 1 atom stereocenters. The number of hydrogen-bond acceptors (Lipinski definition) is 5. The normalized spacial score (nSPS) is 11.9. The van der Waals surface area contributed by atoms with Gasteiger partial charge in [0.15, 0.2) is 5.16 Å². The lowest BCUT2D eigenvalue weighted by Gasteiger charge is -2.08. The van der Waals surface area contributed by atoms with Gasteiger partial charge >= 0.3 is 5.97 Å². The number of aliphatic carboxylic acids is 1. The maximum atomic E-state index is 11.5. The molecule has 1 aromatic rings. The molecular formula is C11H15N3O3S. The Bertz CT molecular complexity index is 445. The van der Waals surface area contributed by atoms with E-state index in [1.165, 1.54) is 18.7 Å². The lowest BCUT2D eigenvalue weighted by Crippen LogP contribution is -2.39. The van der Waals surface area contributed by atoms with E-state index in [9.17, 15) is 9.59 Å². The quantitative estimate of drug-likeness (QED) is 0.606. The van der Waals surface area contributed by atoms with Crippen LogP contribution in [0.4, 0.5) is 0 Å². The number of carboxylic acids is 1. The van der Waals surface area contributed by atoms with E-state index in [1.807, 2.05) is 19.9 Å². The van der Waals surface area contributed by atoms with Crippen LogP contribution in [0.5, 0.6) is 0 Å². The van der Waals surface area contributed by atoms with Gasteiger partial charge in [0.1, 0.15) is 6.04 Å². The van der Waals surface area contributed by atoms with E-state index in [-0.39, 0.29) is 11.7 Å². The Morgan fingerprint density at radius 2 is 1.94 bits per heavy atom. The highest BCUT2D eigenvalue weighted by Crippen LogP contribution is 2.13. The van der Waals surface area contributed by atoms with Gasteiger partial charge in [0, 0.05) is 11.4 Å². The molecule has 0 aliphatic carbocycles. The predicted octanol–water partition coefficient (Wildman–Crippen LogP) is 0.775. The van der Waals surface area contributed by atoms with Gasteiger partial charge < -0.3 is 10.4 Å². The van der Waals surface area contributed by atoms with Gasteiger partial charge in [-0.1, -0.05) is 11.8 Å². The van der Waals surface area contributed by atoms with Gasteiger partial charge in [-0.3, -0.25) is 9.59 Å². The van der Waals surface area contributed by atoms with E-state index in [2.05, 4.69) is 15.3 Å². The van der Waals surface area contributed by atoms with Crippen LogP contribution in [-0.4, -0.2) is 38.7 Å². The first-order chi connectivity index (χ1) is 8.38. The lowest BCUT2D eigenvalue weighted by atomic mass is 10.3. The molecule has 6 nitrogen and oxygen atoms in total. The summed E-state index contributed by atoms with van der Waals surface area (Å²) >= 11 is 1.18. The van der Waals surface area contributed by atoms with Crippen molar-refractivity contribution in [2.45, 2.75) is 32.0 Å². The maximum Gasteiger partial charge on any atom is 0.325 e. The molecule has 0 aliphatic rings. The Labute approximate surface area is 109 Å². The van der Waals surface area contributed by atoms with E-state index < -0.39 is 12.0 Å². The monoisotopic (exact) mass is 269 g/mol. The second kappa shape index (κ2) is 6.34. The van der Waals surface area contributed by atoms with E-state index in [0.717, 1.165) is 11.4 Å². The molecular weight excluding hydrogens is 254 g/mol. The fraction of sp³-hybridized carbons (Fsp3) is 0.455. The molecule has 7 heteroatoms. The number of thioether (sulfide) groups is 1. The molecule has 0 saturated heterocycles. The third-order valence-electron chi connectivity index (χ3n) is 2.04. The van der Waals surface area contributed by atoms with Crippen LogP contribution in [0.1, 0.15) is 18.3 Å². The number of hydrogen-bond donors (Lipinski definition) is 2. The van der Waals surface area contributed by atoms with Crippen molar-refractivity contribution < 1.29 is 14.7 Å². The summed E-state index contributed by atoms with van der Waals surface area (Å²) in [6.07, 6.45) is 0. The summed E-state index contributed by atoms with van der Waals surface area (Å²) in [4.78, 5) is 30.4. The smallest absolute Gasteiger partial charge is 0.325 e. The summed E-state index contributed by atoms with van der Waals surface area (Å²) in [6.45, 7) is 5.12. The van der Waals surface area contributed by atoms with Crippen LogP contribution in [0.2, 0.25) is 0 Å². The number of rotatable bonds is 5. The topological polar surface area (TPSA) is 92.2 Å². The Balaban J connectivity index is 2.50. The number of carbonyl (C=O) groups excluding carboxylic acids is 1. The fourth-order valence-corrected chi connectivity index (χ4v) is 1.99. The van der Waals surface area contributed by atoms with Crippen LogP contribution in [0.15, 0.2) is 11.2 Å². The minimum absolute atomic E-state index is 0.0977. The SMILES string of the molecule is Cc1cc(C)nc(SCC(=O)NC(C)C(=O)O)n1. The number of nitrogens with one attached hydrogen (secondary N) is 1. The van der Waals surface area contributed by atoms with Gasteiger partial charge in [-0.2, -0.15) is 0 Å². The Morgan fingerprint density at radius 3 is 2.44 bits per heavy atom. The molecule has 1 unspecified atom stereocenters. The number of aryl methyl sites for hydroxylation is 2. The first-order valence-electron chi connectivity index (χ1n) is 5.35. The molecule has 1 amide bonds. The molecule has 2 N–H and O–H groups in total. The number of carbonyl (C=O) groups is 2. The lowest BCUT2D eigenvalue weighted by molar-refractivity contribution is -0.140. The number of amides is 1. The number of aromatic nitrogens is 2. The number of carboxylic acid groups (broad SMARTS) is 1. The van der Waals surface area contributed by atoms with Crippen LogP contribution >= 0.6 is 11.8 Å². The molecule has 0 aliphatic heterocycles. The van der Waals surface area contributed by atoms with Gasteiger partial charge in [-0.15, -0.1) is 0 Å². The molecule has 1 aromatic heterocycles. The molecule has 0 radical (unpaired) electrons. The Morgan fingerprint density at radius 1 is 1.39 bits per heavy atom. The molecule has 1 rings (SSSR count). The molecule has 98 valence electrons. The van der Waals surface area contributed by atoms with Crippen LogP contribution in [0, 0.1) is 13.8 Å². The summed E-state index contributed by atoms with van der Waals surface area (Å²) in [5.41, 5.74) is 1.67. The highest BCUT2D eigenvalue weighted by atomic mass is 32.2. The molecule has 18 heavy (non-hydrogen) atoms. The molecule has 0 bridgehead atoms. The summed E-state index contributed by atoms with van der Waals surface area (Å²) in [5.74, 6) is -1.31. The van der Waals surface area contributed by atoms with Crippen molar-refractivity contribution in [1.82, 2.24) is 15.3 Å². The van der Waals surface area contributed by atoms with Crippen molar-refractivity contribution in [3.63, 3.8) is 0 Å². The van der Waals surface area contributed by atoms with Crippen LogP contribution in [-0.2, 0) is 9.59 Å². The summed E-state index contributed by atoms with van der Waals surface area (Å²) in [5, 5.41) is 11.5. The maximum absolute atomic E-state index is 11.5.